The van der Waals surface area contributed by atoms with Crippen molar-refractivity contribution < 1.29 is 4.79 Å². The average Bonchev–Trinajstić information content (AvgIpc) is 1.86. The Morgan fingerprint density at radius 1 is 1.90 bits per heavy atom. The Hall–Kier alpha value is -0.460. The molecule has 4 nitrogen and oxygen atoms in total. The van der Waals surface area contributed by atoms with Crippen LogP contribution in [0.15, 0.2) is 21.3 Å². The standard InChI is InChI=1S/C5H8IN3O/c1-3-9(8-7-6)4-5(2)10/h3H,1,4H2,2H3. The summed E-state index contributed by atoms with van der Waals surface area (Å²) in [6, 6.07) is 0. The van der Waals surface area contributed by atoms with Gasteiger partial charge in [-0.1, -0.05) is 15.1 Å². The topological polar surface area (TPSA) is 45.0 Å². The number of rotatable bonds is 4. The number of hydrogen-bond acceptors (Lipinski definition) is 3. The maximum atomic E-state index is 10.5. The third kappa shape index (κ3) is 4.42. The Bertz CT molecular complexity index is 157. The summed E-state index contributed by atoms with van der Waals surface area (Å²) in [6.07, 6.45) is 1.45. The van der Waals surface area contributed by atoms with Crippen LogP contribution in [0.4, 0.5) is 0 Å². The minimum Gasteiger partial charge on any atom is -0.298 e. The van der Waals surface area contributed by atoms with Crippen LogP contribution < -0.4 is 0 Å². The van der Waals surface area contributed by atoms with E-state index < -0.39 is 0 Å². The molecule has 0 bridgehead atoms. The zero-order valence-electron chi connectivity index (χ0n) is 5.62. The fourth-order valence-corrected chi connectivity index (χ4v) is 0.652. The normalized spacial score (nSPS) is 9.80. The van der Waals surface area contributed by atoms with Gasteiger partial charge in [0.05, 0.1) is 0 Å². The smallest absolute Gasteiger partial charge is 0.151 e. The zero-order valence-corrected chi connectivity index (χ0v) is 7.78. The summed E-state index contributed by atoms with van der Waals surface area (Å²) in [5.41, 5.74) is 0. The lowest BCUT2D eigenvalue weighted by molar-refractivity contribution is -0.117. The highest BCUT2D eigenvalue weighted by molar-refractivity contribution is 14.1. The zero-order chi connectivity index (χ0) is 7.98. The van der Waals surface area contributed by atoms with E-state index in [0.29, 0.717) is 0 Å². The summed E-state index contributed by atoms with van der Waals surface area (Å²) >= 11 is 1.73. The van der Waals surface area contributed by atoms with Crippen LogP contribution in [-0.4, -0.2) is 17.3 Å². The molecule has 10 heavy (non-hydrogen) atoms. The molecule has 0 radical (unpaired) electrons. The molecule has 0 fully saturated rings. The van der Waals surface area contributed by atoms with Gasteiger partial charge in [0.2, 0.25) is 0 Å². The molecule has 0 atom stereocenters. The summed E-state index contributed by atoms with van der Waals surface area (Å²) in [4.78, 5) is 10.5. The molecule has 0 spiro atoms. The van der Waals surface area contributed by atoms with Crippen LogP contribution >= 0.6 is 22.9 Å². The van der Waals surface area contributed by atoms with E-state index in [2.05, 4.69) is 15.1 Å². The average molecular weight is 253 g/mol. The van der Waals surface area contributed by atoms with E-state index in [1.54, 1.807) is 22.9 Å². The largest absolute Gasteiger partial charge is 0.298 e. The Morgan fingerprint density at radius 2 is 2.50 bits per heavy atom. The number of ketones is 1. The molecular weight excluding hydrogens is 245 g/mol. The van der Waals surface area contributed by atoms with Gasteiger partial charge in [0.25, 0.3) is 0 Å². The Kier molecular flexibility index (Phi) is 5.09. The van der Waals surface area contributed by atoms with Gasteiger partial charge in [-0.2, -0.15) is 0 Å². The molecule has 0 aliphatic carbocycles. The van der Waals surface area contributed by atoms with Crippen LogP contribution in [-0.2, 0) is 4.79 Å². The highest BCUT2D eigenvalue weighted by Crippen LogP contribution is 1.94. The molecule has 0 aromatic rings. The molecule has 0 N–H and O–H groups in total. The van der Waals surface area contributed by atoms with Gasteiger partial charge in [0.1, 0.15) is 29.4 Å². The van der Waals surface area contributed by atoms with Gasteiger partial charge in [-0.3, -0.25) is 4.79 Å². The first-order valence-electron chi connectivity index (χ1n) is 2.61. The van der Waals surface area contributed by atoms with Gasteiger partial charge in [-0.25, -0.2) is 5.01 Å². The first kappa shape index (κ1) is 9.54. The monoisotopic (exact) mass is 253 g/mol. The number of Topliss-reactive ketones (excluding diaryl/α,β-unsaturated/α-hetero) is 1. The molecular formula is C5H8IN3O. The lowest BCUT2D eigenvalue weighted by Gasteiger charge is -2.07. The predicted molar refractivity (Wildman–Crippen MR) is 46.5 cm³/mol. The van der Waals surface area contributed by atoms with Gasteiger partial charge < -0.3 is 0 Å². The fraction of sp³-hybridized carbons (Fsp3) is 0.400. The molecule has 0 rings (SSSR count). The van der Waals surface area contributed by atoms with Crippen LogP contribution in [0.1, 0.15) is 6.92 Å². The van der Waals surface area contributed by atoms with Crippen LogP contribution in [0.3, 0.4) is 0 Å². The first-order chi connectivity index (χ1) is 4.70. The predicted octanol–water partition coefficient (Wildman–Crippen LogP) is 1.74. The lowest BCUT2D eigenvalue weighted by Crippen LogP contribution is -2.16. The summed E-state index contributed by atoms with van der Waals surface area (Å²) in [7, 11) is 0. The van der Waals surface area contributed by atoms with Crippen LogP contribution in [0.25, 0.3) is 0 Å². The van der Waals surface area contributed by atoms with Crippen molar-refractivity contribution in [3.8, 4) is 0 Å². The molecule has 0 unspecified atom stereocenters. The van der Waals surface area contributed by atoms with E-state index in [4.69, 9.17) is 0 Å². The van der Waals surface area contributed by atoms with E-state index in [9.17, 15) is 4.79 Å². The Labute approximate surface area is 73.5 Å². The van der Waals surface area contributed by atoms with E-state index >= 15 is 0 Å². The summed E-state index contributed by atoms with van der Waals surface area (Å²) in [5, 5.41) is 4.96. The molecule has 5 heteroatoms. The quantitative estimate of drug-likeness (QED) is 0.435. The molecule has 0 amide bonds. The SMILES string of the molecule is C=CN(CC(C)=O)N=NI. The third-order valence-corrected chi connectivity index (χ3v) is 0.937. The van der Waals surface area contributed by atoms with Gasteiger partial charge in [0.15, 0.2) is 5.78 Å². The van der Waals surface area contributed by atoms with Crippen LogP contribution in [0.5, 0.6) is 0 Å². The maximum absolute atomic E-state index is 10.5. The maximum Gasteiger partial charge on any atom is 0.151 e. The Morgan fingerprint density at radius 3 is 2.80 bits per heavy atom. The molecule has 0 heterocycles. The van der Waals surface area contributed by atoms with Crippen molar-refractivity contribution in [2.24, 2.45) is 8.55 Å². The van der Waals surface area contributed by atoms with E-state index in [0.717, 1.165) is 0 Å². The van der Waals surface area contributed by atoms with Crippen LogP contribution in [0.2, 0.25) is 0 Å². The minimum absolute atomic E-state index is 0.0312. The number of nitrogens with zero attached hydrogens (tertiary/aromatic N) is 3. The van der Waals surface area contributed by atoms with Crippen molar-refractivity contribution in [2.45, 2.75) is 6.92 Å². The summed E-state index contributed by atoms with van der Waals surface area (Å²) in [6.45, 7) is 5.17. The van der Waals surface area contributed by atoms with E-state index in [1.165, 1.54) is 18.1 Å². The number of carbonyl (C=O) groups is 1. The molecule has 0 saturated carbocycles. The second-order valence-electron chi connectivity index (χ2n) is 1.65. The van der Waals surface area contributed by atoms with Crippen LogP contribution in [0, 0.1) is 0 Å². The van der Waals surface area contributed by atoms with E-state index in [1.807, 2.05) is 0 Å². The molecule has 56 valence electrons. The first-order valence-corrected chi connectivity index (χ1v) is 3.57. The third-order valence-electron chi connectivity index (χ3n) is 0.744. The van der Waals surface area contributed by atoms with Gasteiger partial charge in [-0.15, -0.1) is 0 Å². The van der Waals surface area contributed by atoms with Crippen molar-refractivity contribution in [1.29, 1.82) is 0 Å². The van der Waals surface area contributed by atoms with Gasteiger partial charge >= 0.3 is 0 Å². The summed E-state index contributed by atoms with van der Waals surface area (Å²) < 4.78 is 3.46. The molecule has 0 saturated heterocycles. The summed E-state index contributed by atoms with van der Waals surface area (Å²) in [5.74, 6) is 0.0312. The fourth-order valence-electron chi connectivity index (χ4n) is 0.404. The highest BCUT2D eigenvalue weighted by Gasteiger charge is 1.98. The molecule has 0 aromatic heterocycles. The van der Waals surface area contributed by atoms with Crippen molar-refractivity contribution in [1.82, 2.24) is 5.01 Å². The minimum atomic E-state index is 0.0312. The molecule has 0 aliphatic heterocycles. The Balaban J connectivity index is 3.83. The van der Waals surface area contributed by atoms with Gasteiger partial charge in [0, 0.05) is 6.20 Å². The van der Waals surface area contributed by atoms with Crippen molar-refractivity contribution in [2.75, 3.05) is 6.54 Å². The lowest BCUT2D eigenvalue weighted by atomic mass is 10.4. The number of halogens is 1. The number of carbonyl (C=O) groups excluding carboxylic acids is 1. The second kappa shape index (κ2) is 5.33. The molecule has 0 aliphatic rings. The molecule has 0 aromatic carbocycles. The van der Waals surface area contributed by atoms with Crippen molar-refractivity contribution >= 4 is 28.6 Å². The number of hydrogen-bond donors (Lipinski definition) is 0. The second-order valence-corrected chi connectivity index (χ2v) is 2.08. The van der Waals surface area contributed by atoms with Gasteiger partial charge in [-0.05, 0) is 6.92 Å². The van der Waals surface area contributed by atoms with Crippen molar-refractivity contribution in [3.05, 3.63) is 12.8 Å². The highest BCUT2D eigenvalue weighted by atomic mass is 127. The van der Waals surface area contributed by atoms with Crippen molar-refractivity contribution in [3.63, 3.8) is 0 Å². The van der Waals surface area contributed by atoms with E-state index in [-0.39, 0.29) is 12.3 Å².